The van der Waals surface area contributed by atoms with Gasteiger partial charge in [-0.2, -0.15) is 0 Å². The smallest absolute Gasteiger partial charge is 0.203 e. The summed E-state index contributed by atoms with van der Waals surface area (Å²) in [5.41, 5.74) is 0.842. The third kappa shape index (κ3) is 4.00. The number of pyridine rings is 1. The van der Waals surface area contributed by atoms with Crippen LogP contribution < -0.4 is 24.4 Å². The Morgan fingerprint density at radius 3 is 2.30 bits per heavy atom. The van der Waals surface area contributed by atoms with Gasteiger partial charge in [0.15, 0.2) is 11.5 Å². The maximum atomic E-state index is 5.48. The molecule has 2 aromatic heterocycles. The maximum Gasteiger partial charge on any atom is 0.203 e. The highest BCUT2D eigenvalue weighted by Gasteiger charge is 2.18. The molecule has 4 aromatic rings. The van der Waals surface area contributed by atoms with E-state index in [1.807, 2.05) is 22.9 Å². The molecule has 0 atom stereocenters. The summed E-state index contributed by atoms with van der Waals surface area (Å²) in [5.74, 6) is 4.21. The highest BCUT2D eigenvalue weighted by Crippen LogP contribution is 2.39. The Labute approximate surface area is 192 Å². The van der Waals surface area contributed by atoms with E-state index in [1.165, 1.54) is 18.2 Å². The van der Waals surface area contributed by atoms with Crippen LogP contribution in [-0.2, 0) is 0 Å². The summed E-state index contributed by atoms with van der Waals surface area (Å²) in [4.78, 5) is 11.8. The molecule has 3 heterocycles. The summed E-state index contributed by atoms with van der Waals surface area (Å²) in [6.07, 6.45) is 6.05. The minimum Gasteiger partial charge on any atom is -0.493 e. The standard InChI is InChI=1S/C25H27N5O3/c1-31-20-13-18(14-21(32-2)24(20)33-3)30-15-23(26-16-30)27-22-12-17-8-4-5-9-19(17)25(28-22)29-10-6-7-11-29/h4-5,8-9,12-16H,6-7,10-11H2,1-3H3,(H,27,28). The van der Waals surface area contributed by atoms with Crippen molar-refractivity contribution < 1.29 is 14.2 Å². The number of hydrogen-bond donors (Lipinski definition) is 1. The van der Waals surface area contributed by atoms with Gasteiger partial charge in [0.05, 0.1) is 33.2 Å². The van der Waals surface area contributed by atoms with E-state index in [0.29, 0.717) is 23.1 Å². The molecule has 170 valence electrons. The van der Waals surface area contributed by atoms with Crippen molar-refractivity contribution in [1.82, 2.24) is 14.5 Å². The van der Waals surface area contributed by atoms with Crippen molar-refractivity contribution in [3.05, 3.63) is 55.0 Å². The van der Waals surface area contributed by atoms with Crippen molar-refractivity contribution in [2.45, 2.75) is 12.8 Å². The zero-order chi connectivity index (χ0) is 22.8. The number of imidazole rings is 1. The zero-order valence-corrected chi connectivity index (χ0v) is 19.0. The lowest BCUT2D eigenvalue weighted by atomic mass is 10.1. The third-order valence-electron chi connectivity index (χ3n) is 5.91. The lowest BCUT2D eigenvalue weighted by molar-refractivity contribution is 0.324. The van der Waals surface area contributed by atoms with Crippen LogP contribution in [0.5, 0.6) is 17.2 Å². The molecule has 1 saturated heterocycles. The van der Waals surface area contributed by atoms with Crippen molar-refractivity contribution in [2.24, 2.45) is 0 Å². The number of aromatic nitrogens is 3. The summed E-state index contributed by atoms with van der Waals surface area (Å²) in [6.45, 7) is 2.08. The van der Waals surface area contributed by atoms with Gasteiger partial charge in [-0.1, -0.05) is 24.3 Å². The number of benzene rings is 2. The van der Waals surface area contributed by atoms with Crippen LogP contribution in [0.25, 0.3) is 16.5 Å². The van der Waals surface area contributed by atoms with Crippen LogP contribution in [0.1, 0.15) is 12.8 Å². The van der Waals surface area contributed by atoms with Gasteiger partial charge >= 0.3 is 0 Å². The summed E-state index contributed by atoms with van der Waals surface area (Å²) >= 11 is 0. The molecule has 1 fully saturated rings. The van der Waals surface area contributed by atoms with E-state index in [2.05, 4.69) is 45.5 Å². The van der Waals surface area contributed by atoms with E-state index in [9.17, 15) is 0 Å². The van der Waals surface area contributed by atoms with Gasteiger partial charge in [0.2, 0.25) is 5.75 Å². The molecule has 0 unspecified atom stereocenters. The fourth-order valence-corrected chi connectivity index (χ4v) is 4.29. The van der Waals surface area contributed by atoms with Gasteiger partial charge in [0, 0.05) is 30.6 Å². The van der Waals surface area contributed by atoms with Crippen LogP contribution in [0.3, 0.4) is 0 Å². The van der Waals surface area contributed by atoms with Crippen LogP contribution in [0.4, 0.5) is 17.5 Å². The summed E-state index contributed by atoms with van der Waals surface area (Å²) in [6, 6.07) is 14.2. The number of ether oxygens (including phenoxy) is 3. The number of rotatable bonds is 7. The first-order valence-electron chi connectivity index (χ1n) is 11.0. The molecule has 0 aliphatic carbocycles. The molecule has 1 N–H and O–H groups in total. The molecule has 0 spiro atoms. The van der Waals surface area contributed by atoms with Crippen molar-refractivity contribution >= 4 is 28.2 Å². The average Bonchev–Trinajstić information content (AvgIpc) is 3.55. The number of fused-ring (bicyclic) bond motifs is 1. The van der Waals surface area contributed by atoms with Gasteiger partial charge in [0.1, 0.15) is 23.8 Å². The van der Waals surface area contributed by atoms with Crippen LogP contribution in [0.15, 0.2) is 55.0 Å². The zero-order valence-electron chi connectivity index (χ0n) is 19.0. The van der Waals surface area contributed by atoms with Crippen molar-refractivity contribution in [3.63, 3.8) is 0 Å². The Bertz CT molecular complexity index is 1260. The molecule has 1 aliphatic rings. The third-order valence-corrected chi connectivity index (χ3v) is 5.91. The molecule has 2 aromatic carbocycles. The second-order valence-corrected chi connectivity index (χ2v) is 7.92. The van der Waals surface area contributed by atoms with E-state index in [4.69, 9.17) is 19.2 Å². The van der Waals surface area contributed by atoms with E-state index < -0.39 is 0 Å². The molecule has 33 heavy (non-hydrogen) atoms. The first-order chi connectivity index (χ1) is 16.2. The molecule has 0 bridgehead atoms. The summed E-state index contributed by atoms with van der Waals surface area (Å²) < 4.78 is 18.3. The highest BCUT2D eigenvalue weighted by atomic mass is 16.5. The number of methoxy groups -OCH3 is 3. The van der Waals surface area contributed by atoms with E-state index >= 15 is 0 Å². The first-order valence-corrected chi connectivity index (χ1v) is 11.0. The topological polar surface area (TPSA) is 73.7 Å². The van der Waals surface area contributed by atoms with Crippen LogP contribution in [0, 0.1) is 0 Å². The van der Waals surface area contributed by atoms with Gasteiger partial charge < -0.3 is 29.0 Å². The predicted octanol–water partition coefficient (Wildman–Crippen LogP) is 4.79. The lowest BCUT2D eigenvalue weighted by Crippen LogP contribution is -2.19. The van der Waals surface area contributed by atoms with Gasteiger partial charge in [-0.15, -0.1) is 0 Å². The molecular formula is C25H27N5O3. The van der Waals surface area contributed by atoms with Crippen LogP contribution in [0.2, 0.25) is 0 Å². The Kier molecular flexibility index (Phi) is 5.64. The lowest BCUT2D eigenvalue weighted by Gasteiger charge is -2.19. The Balaban J connectivity index is 1.47. The minimum absolute atomic E-state index is 0.553. The van der Waals surface area contributed by atoms with E-state index in [0.717, 1.165) is 35.8 Å². The van der Waals surface area contributed by atoms with E-state index in [-0.39, 0.29) is 0 Å². The molecule has 0 radical (unpaired) electrons. The number of nitrogens with zero attached hydrogens (tertiary/aromatic N) is 4. The van der Waals surface area contributed by atoms with Gasteiger partial charge in [0.25, 0.3) is 0 Å². The maximum absolute atomic E-state index is 5.48. The number of anilines is 3. The largest absolute Gasteiger partial charge is 0.493 e. The Morgan fingerprint density at radius 1 is 0.879 bits per heavy atom. The van der Waals surface area contributed by atoms with Crippen molar-refractivity contribution in [1.29, 1.82) is 0 Å². The minimum atomic E-state index is 0.553. The Morgan fingerprint density at radius 2 is 1.61 bits per heavy atom. The molecule has 8 heteroatoms. The van der Waals surface area contributed by atoms with Crippen molar-refractivity contribution in [2.75, 3.05) is 44.6 Å². The molecular weight excluding hydrogens is 418 g/mol. The fraction of sp³-hybridized carbons (Fsp3) is 0.280. The summed E-state index contributed by atoms with van der Waals surface area (Å²) in [7, 11) is 4.79. The molecule has 5 rings (SSSR count). The van der Waals surface area contributed by atoms with Crippen LogP contribution in [-0.4, -0.2) is 49.0 Å². The quantitative estimate of drug-likeness (QED) is 0.438. The molecule has 1 aliphatic heterocycles. The number of hydrogen-bond acceptors (Lipinski definition) is 7. The predicted molar refractivity (Wildman–Crippen MR) is 130 cm³/mol. The monoisotopic (exact) mass is 445 g/mol. The fourth-order valence-electron chi connectivity index (χ4n) is 4.29. The second kappa shape index (κ2) is 8.90. The van der Waals surface area contributed by atoms with Crippen LogP contribution >= 0.6 is 0 Å². The SMILES string of the molecule is COc1cc(-n2cnc(Nc3cc4ccccc4c(N4CCCC4)n3)c2)cc(OC)c1OC. The second-order valence-electron chi connectivity index (χ2n) is 7.92. The molecule has 0 saturated carbocycles. The summed E-state index contributed by atoms with van der Waals surface area (Å²) in [5, 5.41) is 5.70. The van der Waals surface area contributed by atoms with Gasteiger partial charge in [-0.3, -0.25) is 0 Å². The van der Waals surface area contributed by atoms with Gasteiger partial charge in [-0.25, -0.2) is 9.97 Å². The van der Waals surface area contributed by atoms with Gasteiger partial charge in [-0.05, 0) is 24.3 Å². The average molecular weight is 446 g/mol. The van der Waals surface area contributed by atoms with E-state index in [1.54, 1.807) is 27.7 Å². The first kappa shape index (κ1) is 20.9. The number of nitrogens with one attached hydrogen (secondary N) is 1. The molecule has 0 amide bonds. The molecule has 8 nitrogen and oxygen atoms in total. The highest BCUT2D eigenvalue weighted by molar-refractivity contribution is 5.94. The normalized spacial score (nSPS) is 13.4. The Hall–Kier alpha value is -3.94. The van der Waals surface area contributed by atoms with Crippen molar-refractivity contribution in [3.8, 4) is 22.9 Å².